The van der Waals surface area contributed by atoms with E-state index >= 15 is 0 Å². The Labute approximate surface area is 96.2 Å². The lowest BCUT2D eigenvalue weighted by molar-refractivity contribution is -0.158. The molecule has 0 aromatic carbocycles. The highest BCUT2D eigenvalue weighted by atomic mass is 127. The molecular weight excluding hydrogens is 303 g/mol. The molecule has 0 aliphatic heterocycles. The molecule has 0 aromatic rings. The van der Waals surface area contributed by atoms with Gasteiger partial charge in [-0.1, -0.05) is 0 Å². The van der Waals surface area contributed by atoms with E-state index in [0.717, 1.165) is 0 Å². The molecule has 0 aliphatic rings. The van der Waals surface area contributed by atoms with Crippen molar-refractivity contribution in [1.82, 2.24) is 0 Å². The minimum Gasteiger partial charge on any atom is -0.457 e. The molecule has 0 heterocycles. The zero-order chi connectivity index (χ0) is 11.2. The van der Waals surface area contributed by atoms with Crippen LogP contribution >= 0.6 is 22.6 Å². The lowest BCUT2D eigenvalue weighted by Crippen LogP contribution is -2.27. The molecule has 0 saturated heterocycles. The first-order valence-electron chi connectivity index (χ1n) is 3.92. The minimum atomic E-state index is -0.870. The van der Waals surface area contributed by atoms with E-state index in [9.17, 15) is 9.59 Å². The summed E-state index contributed by atoms with van der Waals surface area (Å²) in [5.41, 5.74) is -0.576. The molecule has 0 N–H and O–H groups in total. The molecule has 82 valence electrons. The first-order valence-corrected chi connectivity index (χ1v) is 5.45. The maximum Gasteiger partial charge on any atom is 0.509 e. The highest BCUT2D eigenvalue weighted by Crippen LogP contribution is 2.06. The van der Waals surface area contributed by atoms with Crippen molar-refractivity contribution in [2.45, 2.75) is 26.4 Å². The number of hydrogen-bond donors (Lipinski definition) is 0. The molecule has 0 radical (unpaired) electrons. The Bertz CT molecular complexity index is 208. The number of hydrogen-bond acceptors (Lipinski definition) is 5. The molecule has 14 heavy (non-hydrogen) atoms. The van der Waals surface area contributed by atoms with Gasteiger partial charge >= 0.3 is 12.1 Å². The van der Waals surface area contributed by atoms with Crippen LogP contribution < -0.4 is 0 Å². The highest BCUT2D eigenvalue weighted by molar-refractivity contribution is 14.1. The molecule has 0 fully saturated rings. The fourth-order valence-corrected chi connectivity index (χ4v) is 0.829. The van der Waals surface area contributed by atoms with Gasteiger partial charge in [0, 0.05) is 0 Å². The number of rotatable bonds is 3. The van der Waals surface area contributed by atoms with Gasteiger partial charge in [0.15, 0.2) is 6.61 Å². The Morgan fingerprint density at radius 2 is 1.79 bits per heavy atom. The molecule has 0 spiro atoms. The zero-order valence-corrected chi connectivity index (χ0v) is 10.5. The van der Waals surface area contributed by atoms with E-state index in [0.29, 0.717) is 0 Å². The summed E-state index contributed by atoms with van der Waals surface area (Å²) >= 11 is 1.84. The fraction of sp³-hybridized carbons (Fsp3) is 0.750. The summed E-state index contributed by atoms with van der Waals surface area (Å²) in [6.45, 7) is 4.77. The molecule has 0 rings (SSSR count). The molecule has 0 bridgehead atoms. The van der Waals surface area contributed by atoms with Crippen molar-refractivity contribution in [2.75, 3.05) is 11.2 Å². The van der Waals surface area contributed by atoms with Crippen LogP contribution in [0.4, 0.5) is 4.79 Å². The van der Waals surface area contributed by atoms with Crippen LogP contribution in [0.5, 0.6) is 0 Å². The maximum atomic E-state index is 11.0. The summed E-state index contributed by atoms with van der Waals surface area (Å²) in [4.78, 5) is 21.7. The first kappa shape index (κ1) is 13.5. The summed E-state index contributed by atoms with van der Waals surface area (Å²) in [5, 5.41) is 0. The summed E-state index contributed by atoms with van der Waals surface area (Å²) in [7, 11) is 0. The van der Waals surface area contributed by atoms with Crippen LogP contribution in [0.15, 0.2) is 0 Å². The van der Waals surface area contributed by atoms with Gasteiger partial charge in [-0.2, -0.15) is 0 Å². The number of alkyl halides is 1. The number of ether oxygens (including phenoxy) is 3. The van der Waals surface area contributed by atoms with Gasteiger partial charge in [0.1, 0.15) is 10.2 Å². The van der Waals surface area contributed by atoms with Crippen LogP contribution in [0.1, 0.15) is 20.8 Å². The van der Waals surface area contributed by atoms with Gasteiger partial charge in [-0.05, 0) is 43.4 Å². The summed E-state index contributed by atoms with van der Waals surface area (Å²) < 4.78 is 14.0. The van der Waals surface area contributed by atoms with Crippen molar-refractivity contribution in [3.05, 3.63) is 0 Å². The van der Waals surface area contributed by atoms with E-state index in [1.807, 2.05) is 22.6 Å². The predicted octanol–water partition coefficient (Wildman–Crippen LogP) is 1.87. The average Bonchev–Trinajstić information content (AvgIpc) is 1.98. The van der Waals surface area contributed by atoms with Crippen molar-refractivity contribution < 1.29 is 23.8 Å². The molecule has 0 atom stereocenters. The molecule has 6 heteroatoms. The number of carbonyl (C=O) groups excluding carboxylic acids is 2. The van der Waals surface area contributed by atoms with Crippen molar-refractivity contribution in [1.29, 1.82) is 0 Å². The predicted molar refractivity (Wildman–Crippen MR) is 57.2 cm³/mol. The molecule has 0 unspecified atom stereocenters. The van der Waals surface area contributed by atoms with Gasteiger partial charge in [-0.25, -0.2) is 9.59 Å². The van der Waals surface area contributed by atoms with Gasteiger partial charge in [-0.15, -0.1) is 0 Å². The second-order valence-electron chi connectivity index (χ2n) is 3.38. The Morgan fingerprint density at radius 1 is 1.21 bits per heavy atom. The molecule has 0 aliphatic carbocycles. The van der Waals surface area contributed by atoms with E-state index in [2.05, 4.69) is 9.47 Å². The first-order chi connectivity index (χ1) is 6.35. The Kier molecular flexibility index (Phi) is 5.82. The Morgan fingerprint density at radius 3 is 2.21 bits per heavy atom. The van der Waals surface area contributed by atoms with Crippen LogP contribution in [0.3, 0.4) is 0 Å². The van der Waals surface area contributed by atoms with Gasteiger partial charge < -0.3 is 14.2 Å². The smallest absolute Gasteiger partial charge is 0.457 e. The van der Waals surface area contributed by atoms with Gasteiger partial charge in [0.2, 0.25) is 0 Å². The van der Waals surface area contributed by atoms with E-state index in [4.69, 9.17) is 4.74 Å². The van der Waals surface area contributed by atoms with E-state index in [1.165, 1.54) is 0 Å². The lowest BCUT2D eigenvalue weighted by atomic mass is 10.2. The third kappa shape index (κ3) is 8.09. The van der Waals surface area contributed by atoms with Crippen LogP contribution in [-0.2, 0) is 19.0 Å². The topological polar surface area (TPSA) is 61.8 Å². The number of halogens is 1. The van der Waals surface area contributed by atoms with E-state index in [1.54, 1.807) is 20.8 Å². The van der Waals surface area contributed by atoms with Crippen molar-refractivity contribution >= 4 is 34.7 Å². The second kappa shape index (κ2) is 6.05. The SMILES string of the molecule is CC(C)(C)OC(=O)COC(=O)OCI. The maximum absolute atomic E-state index is 11.0. The fourth-order valence-electron chi connectivity index (χ4n) is 0.575. The summed E-state index contributed by atoms with van der Waals surface area (Å²) in [6, 6.07) is 0. The van der Waals surface area contributed by atoms with Crippen LogP contribution in [0, 0.1) is 0 Å². The van der Waals surface area contributed by atoms with E-state index < -0.39 is 24.3 Å². The van der Waals surface area contributed by atoms with Crippen molar-refractivity contribution in [2.24, 2.45) is 0 Å². The summed E-state index contributed by atoms with van der Waals surface area (Å²) in [6.07, 6.45) is -0.870. The van der Waals surface area contributed by atoms with Gasteiger partial charge in [0.25, 0.3) is 0 Å². The van der Waals surface area contributed by atoms with Gasteiger partial charge in [-0.3, -0.25) is 0 Å². The monoisotopic (exact) mass is 316 g/mol. The zero-order valence-electron chi connectivity index (χ0n) is 8.33. The number of carbonyl (C=O) groups is 2. The largest absolute Gasteiger partial charge is 0.509 e. The Hall–Kier alpha value is -0.530. The molecule has 0 aromatic heterocycles. The van der Waals surface area contributed by atoms with Crippen LogP contribution in [0.2, 0.25) is 0 Å². The van der Waals surface area contributed by atoms with Crippen molar-refractivity contribution in [3.63, 3.8) is 0 Å². The third-order valence-electron chi connectivity index (χ3n) is 0.900. The highest BCUT2D eigenvalue weighted by Gasteiger charge is 2.17. The molecular formula is C8H13IO5. The lowest BCUT2D eigenvalue weighted by Gasteiger charge is -2.19. The number of esters is 1. The average molecular weight is 316 g/mol. The van der Waals surface area contributed by atoms with Crippen LogP contribution in [0.25, 0.3) is 0 Å². The molecule has 0 saturated carbocycles. The Balaban J connectivity index is 3.70. The molecule has 0 amide bonds. The van der Waals surface area contributed by atoms with Crippen molar-refractivity contribution in [3.8, 4) is 0 Å². The molecule has 5 nitrogen and oxygen atoms in total. The van der Waals surface area contributed by atoms with Gasteiger partial charge in [0.05, 0.1) is 0 Å². The van der Waals surface area contributed by atoms with Crippen LogP contribution in [-0.4, -0.2) is 28.9 Å². The standard InChI is InChI=1S/C8H13IO5/c1-8(2,3)14-6(10)4-12-7(11)13-5-9/h4-5H2,1-3H3. The quantitative estimate of drug-likeness (QED) is 0.452. The second-order valence-corrected chi connectivity index (χ2v) is 4.00. The van der Waals surface area contributed by atoms with E-state index in [-0.39, 0.29) is 4.61 Å². The summed E-state index contributed by atoms with van der Waals surface area (Å²) in [5.74, 6) is -0.595. The third-order valence-corrected chi connectivity index (χ3v) is 1.21. The minimum absolute atomic E-state index is 0.185. The normalized spacial score (nSPS) is 10.6.